The van der Waals surface area contributed by atoms with Gasteiger partial charge in [-0.3, -0.25) is 4.79 Å². The van der Waals surface area contributed by atoms with E-state index in [4.69, 9.17) is 4.74 Å². The van der Waals surface area contributed by atoms with Crippen LogP contribution in [0.3, 0.4) is 0 Å². The SMILES string of the molecule is Cc1cc(C)n(-c2ccc(C(=O)OC(C)C(=O)N(C)c3ccccc3)cn2)n1. The van der Waals surface area contributed by atoms with Crippen molar-refractivity contribution in [3.8, 4) is 5.82 Å². The normalized spacial score (nSPS) is 11.7. The van der Waals surface area contributed by atoms with Crippen molar-refractivity contribution in [3.63, 3.8) is 0 Å². The Kier molecular flexibility index (Phi) is 5.54. The smallest absolute Gasteiger partial charge is 0.340 e. The second-order valence-corrected chi connectivity index (χ2v) is 6.52. The van der Waals surface area contributed by atoms with Gasteiger partial charge < -0.3 is 9.64 Å². The molecule has 0 aliphatic rings. The number of aromatic nitrogens is 3. The zero-order chi connectivity index (χ0) is 20.3. The van der Waals surface area contributed by atoms with Crippen molar-refractivity contribution < 1.29 is 14.3 Å². The zero-order valence-corrected chi connectivity index (χ0v) is 16.3. The summed E-state index contributed by atoms with van der Waals surface area (Å²) in [6, 6.07) is 14.4. The molecule has 1 aromatic carbocycles. The molecule has 144 valence electrons. The van der Waals surface area contributed by atoms with E-state index in [2.05, 4.69) is 10.1 Å². The summed E-state index contributed by atoms with van der Waals surface area (Å²) in [5.41, 5.74) is 2.83. The minimum Gasteiger partial charge on any atom is -0.449 e. The molecule has 0 fully saturated rings. The molecule has 2 aromatic heterocycles. The van der Waals surface area contributed by atoms with E-state index >= 15 is 0 Å². The van der Waals surface area contributed by atoms with Crippen LogP contribution in [0.5, 0.6) is 0 Å². The van der Waals surface area contributed by atoms with Crippen LogP contribution in [0.1, 0.15) is 28.7 Å². The molecule has 0 aliphatic carbocycles. The maximum absolute atomic E-state index is 12.5. The highest BCUT2D eigenvalue weighted by Crippen LogP contribution is 2.15. The number of carbonyl (C=O) groups excluding carboxylic acids is 2. The minimum atomic E-state index is -0.923. The summed E-state index contributed by atoms with van der Waals surface area (Å²) >= 11 is 0. The van der Waals surface area contributed by atoms with E-state index in [-0.39, 0.29) is 11.5 Å². The Bertz CT molecular complexity index is 981. The molecule has 1 unspecified atom stereocenters. The summed E-state index contributed by atoms with van der Waals surface area (Å²) < 4.78 is 7.02. The van der Waals surface area contributed by atoms with E-state index in [1.165, 1.54) is 11.1 Å². The van der Waals surface area contributed by atoms with E-state index in [0.29, 0.717) is 5.82 Å². The zero-order valence-electron chi connectivity index (χ0n) is 16.3. The number of rotatable bonds is 5. The first kappa shape index (κ1) is 19.3. The maximum atomic E-state index is 12.5. The van der Waals surface area contributed by atoms with Gasteiger partial charge in [-0.15, -0.1) is 0 Å². The molecule has 0 saturated heterocycles. The molecule has 28 heavy (non-hydrogen) atoms. The van der Waals surface area contributed by atoms with E-state index in [1.807, 2.05) is 50.2 Å². The standard InChI is InChI=1S/C21H22N4O3/c1-14-12-15(2)25(23-14)19-11-10-17(13-22-19)21(27)28-16(3)20(26)24(4)18-8-6-5-7-9-18/h5-13,16H,1-4H3. The second-order valence-electron chi connectivity index (χ2n) is 6.52. The first-order valence-electron chi connectivity index (χ1n) is 8.90. The van der Waals surface area contributed by atoms with Crippen molar-refractivity contribution in [2.75, 3.05) is 11.9 Å². The van der Waals surface area contributed by atoms with Crippen LogP contribution >= 0.6 is 0 Å². The lowest BCUT2D eigenvalue weighted by atomic mass is 10.2. The van der Waals surface area contributed by atoms with Crippen molar-refractivity contribution in [2.45, 2.75) is 26.9 Å². The van der Waals surface area contributed by atoms with Crippen LogP contribution in [0.4, 0.5) is 5.69 Å². The molecule has 3 rings (SSSR count). The number of ether oxygens (including phenoxy) is 1. The Balaban J connectivity index is 1.67. The molecule has 0 aliphatic heterocycles. The Morgan fingerprint density at radius 3 is 2.39 bits per heavy atom. The van der Waals surface area contributed by atoms with Crippen LogP contribution in [0.2, 0.25) is 0 Å². The first-order chi connectivity index (χ1) is 13.4. The number of hydrogen-bond donors (Lipinski definition) is 0. The lowest BCUT2D eigenvalue weighted by Crippen LogP contribution is -2.37. The van der Waals surface area contributed by atoms with Crippen molar-refractivity contribution in [3.05, 3.63) is 71.7 Å². The lowest BCUT2D eigenvalue weighted by Gasteiger charge is -2.21. The van der Waals surface area contributed by atoms with Crippen LogP contribution in [-0.2, 0) is 9.53 Å². The highest BCUT2D eigenvalue weighted by molar-refractivity contribution is 5.98. The van der Waals surface area contributed by atoms with Crippen molar-refractivity contribution >= 4 is 17.6 Å². The van der Waals surface area contributed by atoms with Crippen molar-refractivity contribution in [1.29, 1.82) is 0 Å². The molecule has 2 heterocycles. The molecule has 0 spiro atoms. The van der Waals surface area contributed by atoms with E-state index in [1.54, 1.807) is 30.8 Å². The Labute approximate surface area is 163 Å². The van der Waals surface area contributed by atoms with Crippen LogP contribution in [0, 0.1) is 13.8 Å². The van der Waals surface area contributed by atoms with Gasteiger partial charge in [0, 0.05) is 24.6 Å². The number of carbonyl (C=O) groups is 2. The highest BCUT2D eigenvalue weighted by atomic mass is 16.5. The van der Waals surface area contributed by atoms with Gasteiger partial charge in [-0.25, -0.2) is 14.5 Å². The van der Waals surface area contributed by atoms with Crippen LogP contribution in [-0.4, -0.2) is 39.8 Å². The number of hydrogen-bond acceptors (Lipinski definition) is 5. The molecule has 7 heteroatoms. The average molecular weight is 378 g/mol. The fourth-order valence-corrected chi connectivity index (χ4v) is 2.82. The molecule has 0 bridgehead atoms. The summed E-state index contributed by atoms with van der Waals surface area (Å²) in [5, 5.41) is 4.36. The number of para-hydroxylation sites is 1. The molecule has 7 nitrogen and oxygen atoms in total. The van der Waals surface area contributed by atoms with E-state index < -0.39 is 12.1 Å². The van der Waals surface area contributed by atoms with Crippen molar-refractivity contribution in [1.82, 2.24) is 14.8 Å². The third kappa shape index (κ3) is 4.09. The summed E-state index contributed by atoms with van der Waals surface area (Å²) in [6.45, 7) is 5.39. The third-order valence-corrected chi connectivity index (χ3v) is 4.32. The van der Waals surface area contributed by atoms with Crippen LogP contribution in [0.15, 0.2) is 54.7 Å². The van der Waals surface area contributed by atoms with Gasteiger partial charge in [0.1, 0.15) is 0 Å². The number of likely N-dealkylation sites (N-methyl/N-ethyl adjacent to an activating group) is 1. The van der Waals surface area contributed by atoms with Gasteiger partial charge in [0.05, 0.1) is 11.3 Å². The number of anilines is 1. The maximum Gasteiger partial charge on any atom is 0.340 e. The second kappa shape index (κ2) is 8.04. The molecule has 0 radical (unpaired) electrons. The number of pyridine rings is 1. The Hall–Kier alpha value is -3.48. The Morgan fingerprint density at radius 2 is 1.82 bits per heavy atom. The number of aryl methyl sites for hydroxylation is 2. The molecule has 1 amide bonds. The fourth-order valence-electron chi connectivity index (χ4n) is 2.82. The first-order valence-corrected chi connectivity index (χ1v) is 8.90. The van der Waals surface area contributed by atoms with Gasteiger partial charge >= 0.3 is 5.97 Å². The van der Waals surface area contributed by atoms with Gasteiger partial charge in [-0.2, -0.15) is 5.10 Å². The van der Waals surface area contributed by atoms with Crippen LogP contribution in [0.25, 0.3) is 5.82 Å². The number of benzene rings is 1. The molecule has 0 saturated carbocycles. The minimum absolute atomic E-state index is 0.271. The fraction of sp³-hybridized carbons (Fsp3) is 0.238. The molecule has 3 aromatic rings. The molecular weight excluding hydrogens is 356 g/mol. The molecule has 1 atom stereocenters. The monoisotopic (exact) mass is 378 g/mol. The predicted molar refractivity (Wildman–Crippen MR) is 106 cm³/mol. The van der Waals surface area contributed by atoms with Gasteiger partial charge in [0.15, 0.2) is 11.9 Å². The van der Waals surface area contributed by atoms with E-state index in [9.17, 15) is 9.59 Å². The summed E-state index contributed by atoms with van der Waals surface area (Å²) in [6.07, 6.45) is 0.500. The average Bonchev–Trinajstić information content (AvgIpc) is 3.05. The lowest BCUT2D eigenvalue weighted by molar-refractivity contribution is -0.126. The number of amides is 1. The Morgan fingerprint density at radius 1 is 1.11 bits per heavy atom. The van der Waals surface area contributed by atoms with Gasteiger partial charge in [0.2, 0.25) is 0 Å². The number of nitrogens with zero attached hydrogens (tertiary/aromatic N) is 4. The van der Waals surface area contributed by atoms with Crippen LogP contribution < -0.4 is 4.90 Å². The number of esters is 1. The van der Waals surface area contributed by atoms with Gasteiger partial charge in [-0.1, -0.05) is 18.2 Å². The summed E-state index contributed by atoms with van der Waals surface area (Å²) in [5.74, 6) is -0.309. The summed E-state index contributed by atoms with van der Waals surface area (Å²) in [7, 11) is 1.65. The molecular formula is C21H22N4O3. The third-order valence-electron chi connectivity index (χ3n) is 4.32. The largest absolute Gasteiger partial charge is 0.449 e. The van der Waals surface area contributed by atoms with Crippen molar-refractivity contribution in [2.24, 2.45) is 0 Å². The molecule has 0 N–H and O–H groups in total. The summed E-state index contributed by atoms with van der Waals surface area (Å²) in [4.78, 5) is 30.6. The highest BCUT2D eigenvalue weighted by Gasteiger charge is 2.23. The quantitative estimate of drug-likeness (QED) is 0.638. The van der Waals surface area contributed by atoms with Gasteiger partial charge in [-0.05, 0) is 51.1 Å². The van der Waals surface area contributed by atoms with E-state index in [0.717, 1.165) is 17.1 Å². The predicted octanol–water partition coefficient (Wildman–Crippen LogP) is 3.09. The van der Waals surface area contributed by atoms with Gasteiger partial charge in [0.25, 0.3) is 5.91 Å². The topological polar surface area (TPSA) is 77.3 Å².